The van der Waals surface area contributed by atoms with Gasteiger partial charge in [-0.05, 0) is 38.3 Å². The first kappa shape index (κ1) is 23.3. The zero-order valence-electron chi connectivity index (χ0n) is 21.3. The first-order chi connectivity index (χ1) is 18.4. The molecule has 4 N–H and O–H groups in total. The molecule has 4 aromatic rings. The Morgan fingerprint density at radius 2 is 2.00 bits per heavy atom. The molecule has 0 aliphatic carbocycles. The largest absolute Gasteiger partial charge is 0.439 e. The highest BCUT2D eigenvalue weighted by atomic mass is 16.5. The normalized spacial score (nSPS) is 24.9. The van der Waals surface area contributed by atoms with Gasteiger partial charge in [0.05, 0.1) is 30.3 Å². The number of hydrogen-bond acceptors (Lipinski definition) is 11. The number of nitrogens with zero attached hydrogens (tertiary/aromatic N) is 7. The van der Waals surface area contributed by atoms with Crippen molar-refractivity contribution in [2.45, 2.75) is 51.2 Å². The number of anilines is 3. The number of ether oxygens (including phenoxy) is 1. The number of H-pyrrole nitrogens is 2. The molecule has 13 heteroatoms. The van der Waals surface area contributed by atoms with Crippen LogP contribution in [-0.2, 0) is 4.74 Å². The summed E-state index contributed by atoms with van der Waals surface area (Å²) in [5, 5.41) is 11.5. The van der Waals surface area contributed by atoms with Crippen LogP contribution in [0.5, 0.6) is 0 Å². The van der Waals surface area contributed by atoms with E-state index in [4.69, 9.17) is 25.4 Å². The average Bonchev–Trinajstić information content (AvgIpc) is 3.64. The number of hydrogen-bond donors (Lipinski definition) is 3. The fraction of sp³-hybridized carbons (Fsp3) is 0.520. The lowest BCUT2D eigenvalue weighted by molar-refractivity contribution is 0.0974. The molecule has 7 rings (SSSR count). The molecule has 3 aliphatic heterocycles. The van der Waals surface area contributed by atoms with Crippen LogP contribution in [-0.4, -0.2) is 73.7 Å². The van der Waals surface area contributed by atoms with E-state index < -0.39 is 5.76 Å². The van der Waals surface area contributed by atoms with Gasteiger partial charge >= 0.3 is 5.76 Å². The van der Waals surface area contributed by atoms with E-state index in [1.807, 2.05) is 18.3 Å². The van der Waals surface area contributed by atoms with Gasteiger partial charge in [0.2, 0.25) is 5.82 Å². The molecule has 0 saturated carbocycles. The predicted molar refractivity (Wildman–Crippen MR) is 139 cm³/mol. The fourth-order valence-corrected chi connectivity index (χ4v) is 6.11. The molecule has 7 heterocycles. The van der Waals surface area contributed by atoms with Gasteiger partial charge < -0.3 is 20.3 Å². The zero-order valence-corrected chi connectivity index (χ0v) is 21.3. The molecule has 4 aromatic heterocycles. The van der Waals surface area contributed by atoms with Crippen LogP contribution in [0.4, 0.5) is 17.3 Å². The predicted octanol–water partition coefficient (Wildman–Crippen LogP) is 2.07. The monoisotopic (exact) mass is 518 g/mol. The quantitative estimate of drug-likeness (QED) is 0.363. The Labute approximate surface area is 217 Å². The van der Waals surface area contributed by atoms with Crippen molar-refractivity contribution in [1.82, 2.24) is 35.3 Å². The van der Waals surface area contributed by atoms with E-state index in [1.165, 1.54) is 0 Å². The second-order valence-corrected chi connectivity index (χ2v) is 10.7. The lowest BCUT2D eigenvalue weighted by Crippen LogP contribution is -2.50. The van der Waals surface area contributed by atoms with Gasteiger partial charge in [0.1, 0.15) is 11.5 Å². The number of nitrogens with one attached hydrogen (secondary N) is 2. The molecule has 38 heavy (non-hydrogen) atoms. The smallest absolute Gasteiger partial charge is 0.376 e. The van der Waals surface area contributed by atoms with Crippen LogP contribution in [0.15, 0.2) is 27.6 Å². The van der Waals surface area contributed by atoms with Gasteiger partial charge in [-0.2, -0.15) is 5.10 Å². The Morgan fingerprint density at radius 1 is 1.16 bits per heavy atom. The molecule has 3 aliphatic rings. The summed E-state index contributed by atoms with van der Waals surface area (Å²) in [6.07, 6.45) is 4.79. The van der Waals surface area contributed by atoms with Crippen molar-refractivity contribution in [2.75, 3.05) is 36.0 Å². The highest BCUT2D eigenvalue weighted by molar-refractivity contribution is 5.88. The van der Waals surface area contributed by atoms with Crippen molar-refractivity contribution in [1.29, 1.82) is 0 Å². The average molecular weight is 519 g/mol. The molecule has 0 aromatic carbocycles. The van der Waals surface area contributed by atoms with Crippen molar-refractivity contribution in [3.63, 3.8) is 0 Å². The van der Waals surface area contributed by atoms with Crippen LogP contribution in [0.25, 0.3) is 22.7 Å². The van der Waals surface area contributed by atoms with E-state index in [0.717, 1.165) is 68.5 Å². The van der Waals surface area contributed by atoms with Crippen LogP contribution < -0.4 is 21.3 Å². The number of aromatic nitrogens is 7. The molecule has 2 saturated heterocycles. The van der Waals surface area contributed by atoms with E-state index in [2.05, 4.69) is 48.5 Å². The SMILES string of the molecule is C[C@@H]1CCN(c2n[nH]c3nc(N4CCC5(CC4)CO[C@@H](C)[C@H]5N)cnc23)c2ccc(-c3noc(=O)[nH]3)nc21. The van der Waals surface area contributed by atoms with Crippen molar-refractivity contribution < 1.29 is 9.26 Å². The van der Waals surface area contributed by atoms with E-state index in [0.29, 0.717) is 22.7 Å². The number of piperidine rings is 1. The van der Waals surface area contributed by atoms with Crippen LogP contribution >= 0.6 is 0 Å². The molecule has 0 amide bonds. The fourth-order valence-electron chi connectivity index (χ4n) is 6.11. The van der Waals surface area contributed by atoms with Crippen molar-refractivity contribution in [2.24, 2.45) is 11.1 Å². The minimum atomic E-state index is -0.607. The molecule has 1 spiro atoms. The molecule has 13 nitrogen and oxygen atoms in total. The summed E-state index contributed by atoms with van der Waals surface area (Å²) in [6, 6.07) is 3.87. The van der Waals surface area contributed by atoms with E-state index in [1.54, 1.807) is 0 Å². The highest BCUT2D eigenvalue weighted by Crippen LogP contribution is 2.43. The van der Waals surface area contributed by atoms with Crippen molar-refractivity contribution >= 4 is 28.5 Å². The van der Waals surface area contributed by atoms with Crippen LogP contribution in [0.3, 0.4) is 0 Å². The Kier molecular flexibility index (Phi) is 5.27. The minimum Gasteiger partial charge on any atom is -0.376 e. The molecular weight excluding hydrogens is 488 g/mol. The molecule has 0 bridgehead atoms. The lowest BCUT2D eigenvalue weighted by atomic mass is 9.73. The number of rotatable bonds is 3. The van der Waals surface area contributed by atoms with Gasteiger partial charge in [-0.15, -0.1) is 0 Å². The van der Waals surface area contributed by atoms with E-state index in [-0.39, 0.29) is 23.5 Å². The van der Waals surface area contributed by atoms with Gasteiger partial charge in [0, 0.05) is 37.0 Å². The summed E-state index contributed by atoms with van der Waals surface area (Å²) in [4.78, 5) is 32.8. The number of aromatic amines is 2. The number of pyridine rings is 1. The van der Waals surface area contributed by atoms with Crippen molar-refractivity contribution in [3.8, 4) is 11.5 Å². The zero-order chi connectivity index (χ0) is 26.0. The summed E-state index contributed by atoms with van der Waals surface area (Å²) in [7, 11) is 0. The van der Waals surface area contributed by atoms with E-state index in [9.17, 15) is 4.79 Å². The summed E-state index contributed by atoms with van der Waals surface area (Å²) in [5.74, 6) is 1.49. The Morgan fingerprint density at radius 3 is 2.74 bits per heavy atom. The second-order valence-electron chi connectivity index (χ2n) is 10.7. The Balaban J connectivity index is 1.16. The van der Waals surface area contributed by atoms with E-state index >= 15 is 0 Å². The lowest BCUT2D eigenvalue weighted by Gasteiger charge is -2.41. The molecule has 3 atom stereocenters. The standard InChI is InChI=1S/C25H30N10O3/c1-13-5-8-35(16-4-3-15(28-18(13)16)21-30-24(36)38-33-21)23-19-22(31-32-23)29-17(11-27-19)34-9-6-25(7-10-34)12-37-14(2)20(25)26/h3-4,11,13-14,20H,5-10,12,26H2,1-2H3,(H,29,31,32)(H,30,33,36)/t13-,14+,20-/m1/s1. The molecule has 198 valence electrons. The first-order valence-corrected chi connectivity index (χ1v) is 13.1. The van der Waals surface area contributed by atoms with Gasteiger partial charge in [-0.25, -0.2) is 19.7 Å². The third-order valence-corrected chi connectivity index (χ3v) is 8.55. The third kappa shape index (κ3) is 3.60. The van der Waals surface area contributed by atoms with Crippen LogP contribution in [0.1, 0.15) is 44.7 Å². The number of fused-ring (bicyclic) bond motifs is 2. The maximum Gasteiger partial charge on any atom is 0.439 e. The maximum absolute atomic E-state index is 11.4. The Hall–Kier alpha value is -3.84. The maximum atomic E-state index is 11.4. The molecule has 2 fully saturated rings. The summed E-state index contributed by atoms with van der Waals surface area (Å²) < 4.78 is 10.5. The summed E-state index contributed by atoms with van der Waals surface area (Å²) >= 11 is 0. The van der Waals surface area contributed by atoms with Gasteiger partial charge in [0.25, 0.3) is 0 Å². The number of nitrogens with two attached hydrogens (primary N) is 1. The second kappa shape index (κ2) is 8.60. The summed E-state index contributed by atoms with van der Waals surface area (Å²) in [5.41, 5.74) is 10.3. The van der Waals surface area contributed by atoms with Gasteiger partial charge in [-0.1, -0.05) is 12.1 Å². The van der Waals surface area contributed by atoms with Gasteiger partial charge in [0.15, 0.2) is 17.0 Å². The van der Waals surface area contributed by atoms with Crippen LogP contribution in [0, 0.1) is 5.41 Å². The summed E-state index contributed by atoms with van der Waals surface area (Å²) in [6.45, 7) is 7.45. The first-order valence-electron chi connectivity index (χ1n) is 13.1. The van der Waals surface area contributed by atoms with Crippen molar-refractivity contribution in [3.05, 3.63) is 34.6 Å². The van der Waals surface area contributed by atoms with Crippen LogP contribution in [0.2, 0.25) is 0 Å². The Bertz CT molecular complexity index is 1550. The molecule has 0 radical (unpaired) electrons. The van der Waals surface area contributed by atoms with Gasteiger partial charge in [-0.3, -0.25) is 14.6 Å². The topological polar surface area (TPSA) is 168 Å². The molecule has 0 unspecified atom stereocenters. The molecular formula is C25H30N10O3. The highest BCUT2D eigenvalue weighted by Gasteiger charge is 2.47. The third-order valence-electron chi connectivity index (χ3n) is 8.55. The minimum absolute atomic E-state index is 0.0598.